The molecule has 7 heteroatoms. The van der Waals surface area contributed by atoms with Gasteiger partial charge in [0.2, 0.25) is 11.8 Å². The molecule has 7 nitrogen and oxygen atoms in total. The van der Waals surface area contributed by atoms with Gasteiger partial charge in [0.25, 0.3) is 0 Å². The van der Waals surface area contributed by atoms with Crippen molar-refractivity contribution in [1.29, 1.82) is 0 Å². The Bertz CT molecular complexity index is 889. The van der Waals surface area contributed by atoms with Crippen LogP contribution >= 0.6 is 0 Å². The molecule has 2 aromatic rings. The minimum absolute atomic E-state index is 0.0120. The lowest BCUT2D eigenvalue weighted by Gasteiger charge is -2.32. The van der Waals surface area contributed by atoms with Crippen LogP contribution in [0.4, 0.5) is 0 Å². The Labute approximate surface area is 158 Å². The summed E-state index contributed by atoms with van der Waals surface area (Å²) in [6.07, 6.45) is 8.96. The number of aromatic nitrogens is 3. The lowest BCUT2D eigenvalue weighted by molar-refractivity contribution is -0.137. The molecule has 2 amide bonds. The monoisotopic (exact) mass is 365 g/mol. The minimum Gasteiger partial charge on any atom is -0.338 e. The van der Waals surface area contributed by atoms with E-state index in [1.165, 1.54) is 18.5 Å². The van der Waals surface area contributed by atoms with Crippen molar-refractivity contribution in [2.75, 3.05) is 13.6 Å². The maximum Gasteiger partial charge on any atom is 0.229 e. The molecule has 0 unspecified atom stereocenters. The zero-order chi connectivity index (χ0) is 18.5. The van der Waals surface area contributed by atoms with E-state index in [1.54, 1.807) is 24.3 Å². The van der Waals surface area contributed by atoms with E-state index in [-0.39, 0.29) is 30.2 Å². The molecule has 1 aliphatic carbocycles. The summed E-state index contributed by atoms with van der Waals surface area (Å²) in [5.41, 5.74) is 3.21. The first-order valence-electron chi connectivity index (χ1n) is 9.62. The maximum absolute atomic E-state index is 13.3. The fourth-order valence-corrected chi connectivity index (χ4v) is 4.52. The highest BCUT2D eigenvalue weighted by atomic mass is 16.2. The highest BCUT2D eigenvalue weighted by molar-refractivity contribution is 5.90. The molecule has 2 fully saturated rings. The van der Waals surface area contributed by atoms with Crippen molar-refractivity contribution in [2.45, 2.75) is 44.3 Å². The third kappa shape index (κ3) is 2.72. The van der Waals surface area contributed by atoms with Crippen molar-refractivity contribution in [2.24, 2.45) is 5.92 Å². The molecule has 5 rings (SSSR count). The molecule has 0 bridgehead atoms. The minimum atomic E-state index is -0.362. The summed E-state index contributed by atoms with van der Waals surface area (Å²) in [5, 5.41) is 0. The molecule has 27 heavy (non-hydrogen) atoms. The molecule has 0 aromatic carbocycles. The van der Waals surface area contributed by atoms with E-state index >= 15 is 0 Å². The Morgan fingerprint density at radius 2 is 2.15 bits per heavy atom. The molecular formula is C20H23N5O2. The number of rotatable bonds is 3. The molecule has 0 radical (unpaired) electrons. The average Bonchev–Trinajstić information content (AvgIpc) is 3.38. The highest BCUT2D eigenvalue weighted by Gasteiger charge is 2.45. The number of carbonyl (C=O) groups excluding carboxylic acids is 2. The third-order valence-electron chi connectivity index (χ3n) is 6.12. The molecule has 140 valence electrons. The summed E-state index contributed by atoms with van der Waals surface area (Å²) in [5.74, 6) is -0.301. The van der Waals surface area contributed by atoms with Gasteiger partial charge in [0.05, 0.1) is 30.5 Å². The number of carbonyl (C=O) groups is 2. The molecule has 1 saturated heterocycles. The van der Waals surface area contributed by atoms with Crippen LogP contribution in [-0.2, 0) is 22.6 Å². The summed E-state index contributed by atoms with van der Waals surface area (Å²) in [6.45, 7) is 1.24. The predicted molar refractivity (Wildman–Crippen MR) is 97.5 cm³/mol. The van der Waals surface area contributed by atoms with Crippen molar-refractivity contribution < 1.29 is 9.59 Å². The van der Waals surface area contributed by atoms with Crippen LogP contribution in [0, 0.1) is 5.92 Å². The second-order valence-electron chi connectivity index (χ2n) is 7.83. The molecule has 0 spiro atoms. The maximum atomic E-state index is 13.3. The van der Waals surface area contributed by atoms with Gasteiger partial charge in [-0.15, -0.1) is 0 Å². The standard InChI is InChI=1S/C20H23N5O2/c1-23-18(26)9-15(19(23)13-3-2-7-21-10-13)20(27)24-8-6-17-16(11-24)22-12-25(17)14-4-5-14/h2-3,7,10,12,14-15,19H,4-6,8-9,11H2,1H3/t15-,19-/m1/s1. The van der Waals surface area contributed by atoms with E-state index in [9.17, 15) is 9.59 Å². The van der Waals surface area contributed by atoms with Crippen LogP contribution in [0.2, 0.25) is 0 Å². The van der Waals surface area contributed by atoms with Crippen molar-refractivity contribution in [3.05, 3.63) is 47.8 Å². The van der Waals surface area contributed by atoms with Crippen molar-refractivity contribution in [1.82, 2.24) is 24.3 Å². The van der Waals surface area contributed by atoms with Crippen LogP contribution in [0.1, 0.15) is 48.3 Å². The predicted octanol–water partition coefficient (Wildman–Crippen LogP) is 1.72. The van der Waals surface area contributed by atoms with Gasteiger partial charge in [-0.25, -0.2) is 4.98 Å². The van der Waals surface area contributed by atoms with Crippen LogP contribution in [-0.4, -0.2) is 49.7 Å². The van der Waals surface area contributed by atoms with Gasteiger partial charge in [0.1, 0.15) is 0 Å². The first-order chi connectivity index (χ1) is 13.1. The van der Waals surface area contributed by atoms with Crippen molar-refractivity contribution >= 4 is 11.8 Å². The van der Waals surface area contributed by atoms with Gasteiger partial charge in [-0.2, -0.15) is 0 Å². The van der Waals surface area contributed by atoms with Crippen LogP contribution < -0.4 is 0 Å². The average molecular weight is 365 g/mol. The number of imidazole rings is 1. The quantitative estimate of drug-likeness (QED) is 0.830. The lowest BCUT2D eigenvalue weighted by Crippen LogP contribution is -2.41. The molecule has 0 N–H and O–H groups in total. The molecule has 3 aliphatic rings. The molecular weight excluding hydrogens is 342 g/mol. The zero-order valence-corrected chi connectivity index (χ0v) is 15.4. The molecule has 2 aliphatic heterocycles. The van der Waals surface area contributed by atoms with E-state index in [2.05, 4.69) is 14.5 Å². The van der Waals surface area contributed by atoms with Crippen LogP contribution in [0.3, 0.4) is 0 Å². The van der Waals surface area contributed by atoms with E-state index in [1.807, 2.05) is 23.4 Å². The van der Waals surface area contributed by atoms with Gasteiger partial charge >= 0.3 is 0 Å². The van der Waals surface area contributed by atoms with E-state index in [4.69, 9.17) is 0 Å². The normalized spacial score (nSPS) is 25.0. The molecule has 1 saturated carbocycles. The Morgan fingerprint density at radius 1 is 1.30 bits per heavy atom. The Balaban J connectivity index is 1.39. The second kappa shape index (κ2) is 6.18. The summed E-state index contributed by atoms with van der Waals surface area (Å²) < 4.78 is 2.29. The fourth-order valence-electron chi connectivity index (χ4n) is 4.52. The van der Waals surface area contributed by atoms with Gasteiger partial charge in [0.15, 0.2) is 0 Å². The Morgan fingerprint density at radius 3 is 2.89 bits per heavy atom. The molecule has 2 aromatic heterocycles. The topological polar surface area (TPSA) is 71.3 Å². The highest BCUT2D eigenvalue weighted by Crippen LogP contribution is 2.40. The Kier molecular flexibility index (Phi) is 3.77. The van der Waals surface area contributed by atoms with Gasteiger partial charge in [-0.1, -0.05) is 6.07 Å². The second-order valence-corrected chi connectivity index (χ2v) is 7.83. The molecule has 4 heterocycles. The van der Waals surface area contributed by atoms with Crippen LogP contribution in [0.15, 0.2) is 30.9 Å². The largest absolute Gasteiger partial charge is 0.338 e. The SMILES string of the molecule is CN1C(=O)C[C@@H](C(=O)N2CCc3c(ncn3C3CC3)C2)[C@H]1c1cccnc1. The Hall–Kier alpha value is -2.70. The summed E-state index contributed by atoms with van der Waals surface area (Å²) in [4.78, 5) is 38.0. The fraction of sp³-hybridized carbons (Fsp3) is 0.500. The number of nitrogens with zero attached hydrogens (tertiary/aromatic N) is 5. The third-order valence-corrected chi connectivity index (χ3v) is 6.12. The summed E-state index contributed by atoms with van der Waals surface area (Å²) in [7, 11) is 1.78. The first kappa shape index (κ1) is 16.5. The summed E-state index contributed by atoms with van der Waals surface area (Å²) in [6, 6.07) is 4.16. The van der Waals surface area contributed by atoms with Crippen LogP contribution in [0.25, 0.3) is 0 Å². The first-order valence-corrected chi connectivity index (χ1v) is 9.62. The summed E-state index contributed by atoms with van der Waals surface area (Å²) >= 11 is 0. The van der Waals surface area contributed by atoms with E-state index < -0.39 is 0 Å². The molecule has 2 atom stereocenters. The number of amides is 2. The lowest BCUT2D eigenvalue weighted by atomic mass is 9.92. The number of hydrogen-bond donors (Lipinski definition) is 0. The van der Waals surface area contributed by atoms with E-state index in [0.29, 0.717) is 19.1 Å². The zero-order valence-electron chi connectivity index (χ0n) is 15.4. The van der Waals surface area contributed by atoms with Crippen LogP contribution in [0.5, 0.6) is 0 Å². The smallest absolute Gasteiger partial charge is 0.229 e. The van der Waals surface area contributed by atoms with Crippen molar-refractivity contribution in [3.8, 4) is 0 Å². The number of hydrogen-bond acceptors (Lipinski definition) is 4. The van der Waals surface area contributed by atoms with E-state index in [0.717, 1.165) is 17.7 Å². The van der Waals surface area contributed by atoms with Gasteiger partial charge < -0.3 is 14.4 Å². The van der Waals surface area contributed by atoms with Gasteiger partial charge in [-0.3, -0.25) is 14.6 Å². The number of pyridine rings is 1. The van der Waals surface area contributed by atoms with Gasteiger partial charge in [0, 0.05) is 50.6 Å². The number of fused-ring (bicyclic) bond motifs is 1. The van der Waals surface area contributed by atoms with Crippen molar-refractivity contribution in [3.63, 3.8) is 0 Å². The van der Waals surface area contributed by atoms with Gasteiger partial charge in [-0.05, 0) is 24.5 Å². The number of likely N-dealkylation sites (tertiary alicyclic amines) is 1.